The number of primary amides is 1. The van der Waals surface area contributed by atoms with E-state index in [2.05, 4.69) is 49.8 Å². The van der Waals surface area contributed by atoms with Crippen molar-refractivity contribution in [3.63, 3.8) is 0 Å². The standard InChI is InChI=1S/C16H16ClN3O4.C11H9ClN4O.C11H7ClN4.C11H8ClN3O2.C5H9ClO2.H3N/c1-11(2)9-23-16(22)24-14(21)6-7-20-10-18-15(19-20)12-4-3-5-13(17)8-12;12-9-3-1-2-8(6-9)11-14-7-16(15-11)5-4-10(13)17;12-10-4-1-3-9(7-10)11-14-8-16(15-11)6-2-5-13;12-9-3-1-2-8(6-9)11-13-7-15(14-11)5-4-10(16)17;1-4(2)3-8-5(6)7;/h3-8,10-11H,9H2,1-2H3;1-7H,(H2,13,17);1-4,6-8H;1-7H,(H,16,17);4H,3H2,1-2H3;1H3/b7-6-;5-4-;6-2-;5-4-;;. The molecule has 1 amide bonds. The van der Waals surface area contributed by atoms with Gasteiger partial charge in [-0.05, 0) is 60.4 Å². The van der Waals surface area contributed by atoms with Crippen LogP contribution in [0.3, 0.4) is 0 Å². The average molecular weight is 1230 g/mol. The van der Waals surface area contributed by atoms with Crippen molar-refractivity contribution >= 4 is 112 Å². The number of allylic oxidation sites excluding steroid dienone is 1. The fraction of sp³-hybridized carbons (Fsp3) is 0.148. The predicted octanol–water partition coefficient (Wildman–Crippen LogP) is 11.9. The summed E-state index contributed by atoms with van der Waals surface area (Å²) in [5, 5.41) is 35.8. The van der Waals surface area contributed by atoms with Crippen LogP contribution in [0.15, 0.2) is 147 Å². The molecule has 0 aliphatic rings. The first-order valence-electron chi connectivity index (χ1n) is 23.7. The zero-order valence-corrected chi connectivity index (χ0v) is 48.2. The molecule has 83 heavy (non-hydrogen) atoms. The van der Waals surface area contributed by atoms with E-state index in [9.17, 15) is 24.0 Å². The molecule has 4 aromatic carbocycles. The number of benzene rings is 4. The van der Waals surface area contributed by atoms with E-state index in [1.165, 1.54) is 81.0 Å². The van der Waals surface area contributed by atoms with Gasteiger partial charge in [0.25, 0.3) is 0 Å². The number of ether oxygens (including phenoxy) is 3. The number of carbonyl (C=O) groups is 5. The van der Waals surface area contributed by atoms with Gasteiger partial charge in [0.05, 0.1) is 19.3 Å². The second-order valence-corrected chi connectivity index (χ2v) is 18.7. The van der Waals surface area contributed by atoms with E-state index in [4.69, 9.17) is 78.8 Å². The summed E-state index contributed by atoms with van der Waals surface area (Å²) in [5.41, 5.74) is 7.43. The van der Waals surface area contributed by atoms with Gasteiger partial charge in [-0.1, -0.05) is 123 Å². The first-order valence-corrected chi connectivity index (χ1v) is 25.6. The first kappa shape index (κ1) is 67.9. The Morgan fingerprint density at radius 2 is 0.904 bits per heavy atom. The van der Waals surface area contributed by atoms with Crippen molar-refractivity contribution in [1.82, 2.24) is 65.2 Å². The maximum atomic E-state index is 11.5. The second kappa shape index (κ2) is 36.1. The summed E-state index contributed by atoms with van der Waals surface area (Å²) in [6.07, 6.45) is 15.0. The topological polar surface area (TPSA) is 341 Å². The Bertz CT molecular complexity index is 3460. The van der Waals surface area contributed by atoms with Gasteiger partial charge in [-0.2, -0.15) is 5.26 Å². The Balaban J connectivity index is 0.000000280. The third-order valence-corrected chi connectivity index (χ3v) is 10.1. The van der Waals surface area contributed by atoms with Crippen molar-refractivity contribution in [3.05, 3.63) is 167 Å². The smallest absolute Gasteiger partial charge is 0.478 e. The second-order valence-electron chi connectivity index (χ2n) is 16.7. The van der Waals surface area contributed by atoms with Crippen LogP contribution in [0.4, 0.5) is 9.59 Å². The highest BCUT2D eigenvalue weighted by Crippen LogP contribution is 2.22. The molecule has 8 rings (SSSR count). The minimum absolute atomic E-state index is 0. The van der Waals surface area contributed by atoms with Crippen LogP contribution in [0.25, 0.3) is 70.4 Å². The van der Waals surface area contributed by atoms with Crippen LogP contribution in [0.5, 0.6) is 0 Å². The Morgan fingerprint density at radius 3 is 1.20 bits per heavy atom. The Kier molecular flexibility index (Phi) is 29.5. The van der Waals surface area contributed by atoms with Gasteiger partial charge >= 0.3 is 23.5 Å². The molecule has 0 radical (unpaired) electrons. The Hall–Kier alpha value is -9.35. The summed E-state index contributed by atoms with van der Waals surface area (Å²) in [6.45, 7) is 8.22. The number of aliphatic carboxylic acids is 1. The van der Waals surface area contributed by atoms with E-state index in [1.54, 1.807) is 60.7 Å². The largest absolute Gasteiger partial charge is 0.516 e. The number of nitrogens with zero attached hydrogens (tertiary/aromatic N) is 13. The van der Waals surface area contributed by atoms with Crippen molar-refractivity contribution < 1.29 is 43.3 Å². The van der Waals surface area contributed by atoms with Crippen LogP contribution in [0.1, 0.15) is 27.7 Å². The number of hydrogen-bond donors (Lipinski definition) is 3. The van der Waals surface area contributed by atoms with Gasteiger partial charge in [0, 0.05) is 103 Å². The third kappa shape index (κ3) is 27.1. The quantitative estimate of drug-likeness (QED) is 0.0282. The van der Waals surface area contributed by atoms with E-state index in [0.29, 0.717) is 55.9 Å². The van der Waals surface area contributed by atoms with E-state index >= 15 is 0 Å². The summed E-state index contributed by atoms with van der Waals surface area (Å²) < 4.78 is 19.1. The number of carbonyl (C=O) groups excluding carboxylic acids is 4. The lowest BCUT2D eigenvalue weighted by Gasteiger charge is -2.05. The SMILES string of the molecule is CC(C)COC(=O)Cl.CC(C)COC(=O)OC(=O)/C=C\n1cnc(-c2cccc(Cl)c2)n1.N.N#C/C=C\n1cnc(-c2cccc(Cl)c2)n1.NC(=O)/C=C\n1cnc(-c2cccc(Cl)c2)n1.O=C(O)/C=C\n1cnc(-c2cccc(Cl)c2)n1. The molecule has 4 aromatic heterocycles. The van der Waals surface area contributed by atoms with Crippen molar-refractivity contribution in [1.29, 1.82) is 5.26 Å². The van der Waals surface area contributed by atoms with Gasteiger partial charge < -0.3 is 31.2 Å². The summed E-state index contributed by atoms with van der Waals surface area (Å²) in [6, 6.07) is 30.6. The van der Waals surface area contributed by atoms with Gasteiger partial charge in [0.1, 0.15) is 25.3 Å². The monoisotopic (exact) mass is 1230 g/mol. The molecule has 0 saturated carbocycles. The molecule has 0 atom stereocenters. The highest BCUT2D eigenvalue weighted by molar-refractivity contribution is 6.61. The average Bonchev–Trinajstić information content (AvgIpc) is 4.53. The van der Waals surface area contributed by atoms with E-state index in [0.717, 1.165) is 34.4 Å². The van der Waals surface area contributed by atoms with Crippen LogP contribution < -0.4 is 11.9 Å². The predicted molar refractivity (Wildman–Crippen MR) is 315 cm³/mol. The molecule has 29 heteroatoms. The normalized spacial score (nSPS) is 10.6. The number of amides is 1. The third-order valence-electron chi connectivity index (χ3n) is 9.04. The van der Waals surface area contributed by atoms with Gasteiger partial charge in [-0.3, -0.25) is 4.79 Å². The molecule has 432 valence electrons. The van der Waals surface area contributed by atoms with Gasteiger partial charge in [0.2, 0.25) is 5.91 Å². The van der Waals surface area contributed by atoms with Crippen LogP contribution in [0, 0.1) is 23.2 Å². The molecule has 8 aromatic rings. The number of carboxylic acids is 1. The van der Waals surface area contributed by atoms with Gasteiger partial charge in [-0.25, -0.2) is 57.8 Å². The number of hydrogen-bond acceptors (Lipinski definition) is 18. The minimum Gasteiger partial charge on any atom is -0.478 e. The number of nitriles is 1. The fourth-order valence-corrected chi connectivity index (χ4v) is 6.40. The van der Waals surface area contributed by atoms with Crippen LogP contribution in [0.2, 0.25) is 20.1 Å². The number of aromatic nitrogens is 12. The fourth-order valence-electron chi connectivity index (χ4n) is 5.58. The minimum atomic E-state index is -1.04. The molecule has 0 aliphatic carbocycles. The summed E-state index contributed by atoms with van der Waals surface area (Å²) in [5.74, 6) is 0.125. The van der Waals surface area contributed by atoms with Crippen molar-refractivity contribution in [2.75, 3.05) is 13.2 Å². The zero-order chi connectivity index (χ0) is 60.0. The van der Waals surface area contributed by atoms with Gasteiger partial charge in [-0.15, -0.1) is 20.4 Å². The van der Waals surface area contributed by atoms with Crippen LogP contribution in [-0.2, 0) is 28.6 Å². The molecule has 4 heterocycles. The number of carboxylic acid groups (broad SMARTS) is 1. The lowest BCUT2D eigenvalue weighted by molar-refractivity contribution is -0.134. The maximum Gasteiger partial charge on any atom is 0.516 e. The zero-order valence-electron chi connectivity index (χ0n) is 44.4. The maximum absolute atomic E-state index is 11.5. The molecular weight excluding hydrogens is 1180 g/mol. The molecular formula is C54H52Cl5N15O9. The molecule has 0 spiro atoms. The van der Waals surface area contributed by atoms with Crippen molar-refractivity contribution in [3.8, 4) is 51.6 Å². The van der Waals surface area contributed by atoms with E-state index in [-0.39, 0.29) is 18.7 Å². The highest BCUT2D eigenvalue weighted by atomic mass is 35.5. The number of rotatable bonds is 15. The Labute approximate surface area is 500 Å². The molecule has 0 aliphatic heterocycles. The molecule has 0 unspecified atom stereocenters. The molecule has 0 saturated heterocycles. The van der Waals surface area contributed by atoms with Gasteiger partial charge in [0.15, 0.2) is 23.3 Å². The van der Waals surface area contributed by atoms with E-state index < -0.39 is 29.4 Å². The lowest BCUT2D eigenvalue weighted by Crippen LogP contribution is -2.14. The van der Waals surface area contributed by atoms with E-state index in [1.807, 2.05) is 70.2 Å². The number of halogens is 5. The summed E-state index contributed by atoms with van der Waals surface area (Å²) in [7, 11) is 0. The van der Waals surface area contributed by atoms with Crippen molar-refractivity contribution in [2.24, 2.45) is 17.6 Å². The van der Waals surface area contributed by atoms with Crippen LogP contribution in [-0.4, -0.2) is 107 Å². The lowest BCUT2D eigenvalue weighted by atomic mass is 10.2. The molecule has 6 N–H and O–H groups in total. The van der Waals surface area contributed by atoms with Crippen molar-refractivity contribution in [2.45, 2.75) is 27.7 Å². The summed E-state index contributed by atoms with van der Waals surface area (Å²) >= 11 is 28.4. The number of nitrogens with two attached hydrogens (primary N) is 1. The molecule has 24 nitrogen and oxygen atoms in total. The molecule has 0 fully saturated rings. The highest BCUT2D eigenvalue weighted by Gasteiger charge is 2.11. The van der Waals surface area contributed by atoms with Crippen LogP contribution >= 0.6 is 58.0 Å². The first-order chi connectivity index (χ1) is 39.1. The molecule has 0 bridgehead atoms. The number of esters is 1. The summed E-state index contributed by atoms with van der Waals surface area (Å²) in [4.78, 5) is 69.9. The Morgan fingerprint density at radius 1 is 0.566 bits per heavy atom.